The molecule has 2 unspecified atom stereocenters. The van der Waals surface area contributed by atoms with E-state index < -0.39 is 0 Å². The molecule has 0 saturated carbocycles. The Hall–Kier alpha value is -0.0800. The van der Waals surface area contributed by atoms with Gasteiger partial charge in [-0.2, -0.15) is 0 Å². The number of piperidine rings is 1. The summed E-state index contributed by atoms with van der Waals surface area (Å²) < 4.78 is 0. The first kappa shape index (κ1) is 10.4. The average Bonchev–Trinajstić information content (AvgIpc) is 2.25. The van der Waals surface area contributed by atoms with E-state index in [1.807, 2.05) is 0 Å². The third kappa shape index (κ3) is 1.96. The van der Waals surface area contributed by atoms with E-state index in [0.717, 1.165) is 6.04 Å². The standard InChI is InChI=1S/C12H24N2/c1-3-12(7-4-5-8-13-12)10-14-9-6-11(14)2/h11,13H,3-10H2,1-2H3. The fourth-order valence-electron chi connectivity index (χ4n) is 2.77. The molecule has 1 N–H and O–H groups in total. The van der Waals surface area contributed by atoms with Crippen LogP contribution in [0.1, 0.15) is 46.0 Å². The number of nitrogens with zero attached hydrogens (tertiary/aromatic N) is 1. The van der Waals surface area contributed by atoms with Crippen molar-refractivity contribution < 1.29 is 0 Å². The van der Waals surface area contributed by atoms with Crippen LogP contribution in [0.4, 0.5) is 0 Å². The maximum atomic E-state index is 3.76. The minimum absolute atomic E-state index is 0.451. The van der Waals surface area contributed by atoms with Crippen LogP contribution in [0.25, 0.3) is 0 Å². The van der Waals surface area contributed by atoms with Gasteiger partial charge in [0.15, 0.2) is 0 Å². The summed E-state index contributed by atoms with van der Waals surface area (Å²) in [6.45, 7) is 8.53. The van der Waals surface area contributed by atoms with Gasteiger partial charge in [0.05, 0.1) is 0 Å². The molecule has 0 aromatic carbocycles. The fraction of sp³-hybridized carbons (Fsp3) is 1.00. The molecule has 2 aliphatic heterocycles. The van der Waals surface area contributed by atoms with Gasteiger partial charge >= 0.3 is 0 Å². The summed E-state index contributed by atoms with van der Waals surface area (Å²) in [6.07, 6.45) is 6.86. The average molecular weight is 196 g/mol. The van der Waals surface area contributed by atoms with Crippen LogP contribution in [0.3, 0.4) is 0 Å². The molecule has 0 aromatic rings. The van der Waals surface area contributed by atoms with Crippen LogP contribution >= 0.6 is 0 Å². The Bertz CT molecular complexity index is 185. The lowest BCUT2D eigenvalue weighted by molar-refractivity contribution is 0.0514. The lowest BCUT2D eigenvalue weighted by Gasteiger charge is -2.47. The van der Waals surface area contributed by atoms with Crippen molar-refractivity contribution >= 4 is 0 Å². The van der Waals surface area contributed by atoms with Crippen molar-refractivity contribution in [3.8, 4) is 0 Å². The first-order chi connectivity index (χ1) is 6.76. The first-order valence-electron chi connectivity index (χ1n) is 6.25. The summed E-state index contributed by atoms with van der Waals surface area (Å²) in [4.78, 5) is 2.64. The van der Waals surface area contributed by atoms with Crippen LogP contribution in [0.5, 0.6) is 0 Å². The normalized spacial score (nSPS) is 39.4. The van der Waals surface area contributed by atoms with E-state index in [4.69, 9.17) is 0 Å². The maximum absolute atomic E-state index is 3.76. The highest BCUT2D eigenvalue weighted by Crippen LogP contribution is 2.27. The SMILES string of the molecule is CCC1(CN2CCC2C)CCCCN1. The summed E-state index contributed by atoms with van der Waals surface area (Å²) in [5, 5.41) is 3.76. The van der Waals surface area contributed by atoms with Gasteiger partial charge in [-0.3, -0.25) is 4.90 Å². The van der Waals surface area contributed by atoms with Crippen molar-refractivity contribution in [3.05, 3.63) is 0 Å². The zero-order chi connectivity index (χ0) is 10.0. The second-order valence-electron chi connectivity index (χ2n) is 5.13. The Morgan fingerprint density at radius 3 is 2.71 bits per heavy atom. The third-order valence-corrected chi connectivity index (χ3v) is 4.22. The second kappa shape index (κ2) is 4.19. The molecule has 2 rings (SSSR count). The van der Waals surface area contributed by atoms with Crippen LogP contribution in [0, 0.1) is 0 Å². The number of hydrogen-bond acceptors (Lipinski definition) is 2. The molecule has 2 heteroatoms. The zero-order valence-corrected chi connectivity index (χ0v) is 9.68. The smallest absolute Gasteiger partial charge is 0.0306 e. The van der Waals surface area contributed by atoms with Crippen molar-refractivity contribution in [2.24, 2.45) is 0 Å². The summed E-state index contributed by atoms with van der Waals surface area (Å²) in [5.74, 6) is 0. The van der Waals surface area contributed by atoms with Gasteiger partial charge in [-0.15, -0.1) is 0 Å². The highest BCUT2D eigenvalue weighted by atomic mass is 15.2. The van der Waals surface area contributed by atoms with E-state index in [9.17, 15) is 0 Å². The van der Waals surface area contributed by atoms with Gasteiger partial charge in [-0.1, -0.05) is 13.3 Å². The monoisotopic (exact) mass is 196 g/mol. The lowest BCUT2D eigenvalue weighted by atomic mass is 9.84. The van der Waals surface area contributed by atoms with E-state index in [0.29, 0.717) is 5.54 Å². The molecule has 2 saturated heterocycles. The van der Waals surface area contributed by atoms with Crippen LogP contribution in [0.2, 0.25) is 0 Å². The molecule has 82 valence electrons. The molecule has 2 nitrogen and oxygen atoms in total. The van der Waals surface area contributed by atoms with Crippen molar-refractivity contribution in [2.75, 3.05) is 19.6 Å². The summed E-state index contributed by atoms with van der Waals surface area (Å²) in [7, 11) is 0. The lowest BCUT2D eigenvalue weighted by Crippen LogP contribution is -2.60. The van der Waals surface area contributed by atoms with Gasteiger partial charge < -0.3 is 5.32 Å². The summed E-state index contributed by atoms with van der Waals surface area (Å²) in [6, 6.07) is 0.835. The molecule has 2 fully saturated rings. The van der Waals surface area contributed by atoms with Gasteiger partial charge in [0, 0.05) is 18.1 Å². The Balaban J connectivity index is 1.90. The van der Waals surface area contributed by atoms with Crippen molar-refractivity contribution in [2.45, 2.75) is 57.5 Å². The van der Waals surface area contributed by atoms with Gasteiger partial charge in [0.1, 0.15) is 0 Å². The van der Waals surface area contributed by atoms with Crippen molar-refractivity contribution in [1.29, 1.82) is 0 Å². The van der Waals surface area contributed by atoms with Crippen LogP contribution < -0.4 is 5.32 Å². The Morgan fingerprint density at radius 2 is 2.29 bits per heavy atom. The third-order valence-electron chi connectivity index (χ3n) is 4.22. The van der Waals surface area contributed by atoms with Crippen LogP contribution in [-0.4, -0.2) is 36.1 Å². The molecular formula is C12H24N2. The topological polar surface area (TPSA) is 15.3 Å². The Labute approximate surface area is 88.1 Å². The van der Waals surface area contributed by atoms with E-state index in [1.165, 1.54) is 51.7 Å². The maximum Gasteiger partial charge on any atom is 0.0306 e. The zero-order valence-electron chi connectivity index (χ0n) is 9.68. The molecule has 0 amide bonds. The molecular weight excluding hydrogens is 172 g/mol. The van der Waals surface area contributed by atoms with E-state index in [1.54, 1.807) is 0 Å². The number of rotatable bonds is 3. The summed E-state index contributed by atoms with van der Waals surface area (Å²) >= 11 is 0. The highest BCUT2D eigenvalue weighted by Gasteiger charge is 2.35. The largest absolute Gasteiger partial charge is 0.310 e. The molecule has 0 spiro atoms. The summed E-state index contributed by atoms with van der Waals surface area (Å²) in [5.41, 5.74) is 0.451. The predicted molar refractivity (Wildman–Crippen MR) is 60.5 cm³/mol. The number of hydrogen-bond donors (Lipinski definition) is 1. The van der Waals surface area contributed by atoms with Gasteiger partial charge in [-0.05, 0) is 45.7 Å². The molecule has 0 bridgehead atoms. The second-order valence-corrected chi connectivity index (χ2v) is 5.13. The van der Waals surface area contributed by atoms with Crippen molar-refractivity contribution in [3.63, 3.8) is 0 Å². The van der Waals surface area contributed by atoms with Crippen LogP contribution in [0.15, 0.2) is 0 Å². The fourth-order valence-corrected chi connectivity index (χ4v) is 2.77. The minimum atomic E-state index is 0.451. The Morgan fingerprint density at radius 1 is 1.43 bits per heavy atom. The Kier molecular flexibility index (Phi) is 3.13. The van der Waals surface area contributed by atoms with E-state index in [2.05, 4.69) is 24.1 Å². The van der Waals surface area contributed by atoms with Crippen molar-refractivity contribution in [1.82, 2.24) is 10.2 Å². The molecule has 2 atom stereocenters. The van der Waals surface area contributed by atoms with E-state index >= 15 is 0 Å². The number of likely N-dealkylation sites (tertiary alicyclic amines) is 1. The number of nitrogens with one attached hydrogen (secondary N) is 1. The highest BCUT2D eigenvalue weighted by molar-refractivity contribution is 4.95. The minimum Gasteiger partial charge on any atom is -0.310 e. The van der Waals surface area contributed by atoms with E-state index in [-0.39, 0.29) is 0 Å². The van der Waals surface area contributed by atoms with Gasteiger partial charge in [-0.25, -0.2) is 0 Å². The molecule has 2 heterocycles. The molecule has 14 heavy (non-hydrogen) atoms. The molecule has 0 aliphatic carbocycles. The van der Waals surface area contributed by atoms with Gasteiger partial charge in [0.25, 0.3) is 0 Å². The molecule has 0 aromatic heterocycles. The van der Waals surface area contributed by atoms with Crippen LogP contribution in [-0.2, 0) is 0 Å². The van der Waals surface area contributed by atoms with Gasteiger partial charge in [0.2, 0.25) is 0 Å². The predicted octanol–water partition coefficient (Wildman–Crippen LogP) is 2.00. The first-order valence-corrected chi connectivity index (χ1v) is 6.25. The quantitative estimate of drug-likeness (QED) is 0.743. The molecule has 2 aliphatic rings. The molecule has 0 radical (unpaired) electrons.